The van der Waals surface area contributed by atoms with Crippen molar-refractivity contribution in [2.75, 3.05) is 4.90 Å². The van der Waals surface area contributed by atoms with Crippen molar-refractivity contribution in [1.29, 1.82) is 0 Å². The Hall–Kier alpha value is -3.72. The molecule has 2 bridgehead atoms. The third-order valence-electron chi connectivity index (χ3n) is 7.46. The van der Waals surface area contributed by atoms with E-state index in [0.29, 0.717) is 5.69 Å². The van der Waals surface area contributed by atoms with Gasteiger partial charge < -0.3 is 0 Å². The van der Waals surface area contributed by atoms with Crippen molar-refractivity contribution in [3.8, 4) is 0 Å². The normalized spacial score (nSPS) is 25.5. The Morgan fingerprint density at radius 2 is 0.968 bits per heavy atom. The van der Waals surface area contributed by atoms with Gasteiger partial charge in [0.25, 0.3) is 0 Å². The first-order chi connectivity index (χ1) is 15.3. The predicted octanol–water partition coefficient (Wildman–Crippen LogP) is 5.24. The van der Waals surface area contributed by atoms with Crippen LogP contribution in [0.1, 0.15) is 34.1 Å². The summed E-state index contributed by atoms with van der Waals surface area (Å²) >= 11 is 0. The standard InChI is InChI=1S/C28H19NO2/c30-27-25-23-18-11-3-4-12-19(18)24(21-14-6-5-13-20(21)23)26(25)28(31)29(27)22-15-7-9-16-8-1-2-10-17(16)22/h1-15,23-26H/t23?,24?,25-,26+. The van der Waals surface area contributed by atoms with Crippen molar-refractivity contribution < 1.29 is 9.59 Å². The van der Waals surface area contributed by atoms with Crippen LogP contribution in [-0.4, -0.2) is 11.8 Å². The van der Waals surface area contributed by atoms with Gasteiger partial charge in [-0.25, -0.2) is 4.90 Å². The fourth-order valence-electron chi connectivity index (χ4n) is 6.32. The van der Waals surface area contributed by atoms with Gasteiger partial charge in [0.05, 0.1) is 17.5 Å². The second kappa shape index (κ2) is 5.92. The zero-order valence-electron chi connectivity index (χ0n) is 16.7. The highest BCUT2D eigenvalue weighted by Crippen LogP contribution is 2.61. The molecule has 1 heterocycles. The molecular formula is C28H19NO2. The van der Waals surface area contributed by atoms with Crippen LogP contribution in [-0.2, 0) is 9.59 Å². The van der Waals surface area contributed by atoms with Gasteiger partial charge >= 0.3 is 0 Å². The average molecular weight is 401 g/mol. The van der Waals surface area contributed by atoms with Gasteiger partial charge in [-0.2, -0.15) is 0 Å². The van der Waals surface area contributed by atoms with Crippen LogP contribution >= 0.6 is 0 Å². The Morgan fingerprint density at radius 3 is 1.52 bits per heavy atom. The lowest BCUT2D eigenvalue weighted by Gasteiger charge is -2.45. The minimum atomic E-state index is -0.346. The number of benzene rings is 4. The van der Waals surface area contributed by atoms with Crippen LogP contribution in [0.4, 0.5) is 5.69 Å². The zero-order valence-corrected chi connectivity index (χ0v) is 16.7. The maximum absolute atomic E-state index is 13.9. The second-order valence-electron chi connectivity index (χ2n) is 8.77. The number of nitrogens with zero attached hydrogens (tertiary/aromatic N) is 1. The fraction of sp³-hybridized carbons (Fsp3) is 0.143. The van der Waals surface area contributed by atoms with E-state index in [1.807, 2.05) is 66.7 Å². The Balaban J connectivity index is 1.47. The van der Waals surface area contributed by atoms with Crippen molar-refractivity contribution in [1.82, 2.24) is 0 Å². The predicted molar refractivity (Wildman–Crippen MR) is 120 cm³/mol. The molecule has 4 aliphatic rings. The largest absolute Gasteiger partial charge is 0.274 e. The minimum absolute atomic E-state index is 0.0645. The number of imide groups is 1. The zero-order chi connectivity index (χ0) is 20.7. The molecule has 0 spiro atoms. The molecule has 148 valence electrons. The van der Waals surface area contributed by atoms with Crippen molar-refractivity contribution in [3.05, 3.63) is 113 Å². The van der Waals surface area contributed by atoms with Gasteiger partial charge in [0.2, 0.25) is 11.8 Å². The molecule has 0 N–H and O–H groups in total. The van der Waals surface area contributed by atoms with Crippen LogP contribution in [0, 0.1) is 11.8 Å². The summed E-state index contributed by atoms with van der Waals surface area (Å²) in [5.74, 6) is -0.962. The number of hydrogen-bond acceptors (Lipinski definition) is 2. The van der Waals surface area contributed by atoms with E-state index in [2.05, 4.69) is 24.3 Å². The molecule has 3 nitrogen and oxygen atoms in total. The SMILES string of the molecule is O=C1[C@@H]2C3c4ccccc4C(c4ccccc43)[C@@H]2C(=O)N1c1cccc2ccccc12. The molecule has 3 heteroatoms. The molecular weight excluding hydrogens is 382 g/mol. The third kappa shape index (κ3) is 2.03. The summed E-state index contributed by atoms with van der Waals surface area (Å²) in [5, 5.41) is 1.97. The van der Waals surface area contributed by atoms with Crippen molar-refractivity contribution in [3.63, 3.8) is 0 Å². The molecule has 31 heavy (non-hydrogen) atoms. The number of carbonyl (C=O) groups excluding carboxylic acids is 2. The van der Waals surface area contributed by atoms with Gasteiger partial charge in [0.15, 0.2) is 0 Å². The molecule has 1 fully saturated rings. The molecule has 8 rings (SSSR count). The maximum Gasteiger partial charge on any atom is 0.238 e. The molecule has 2 atom stereocenters. The first kappa shape index (κ1) is 17.0. The number of hydrogen-bond donors (Lipinski definition) is 0. The van der Waals surface area contributed by atoms with Crippen LogP contribution < -0.4 is 4.90 Å². The molecule has 0 aromatic heterocycles. The van der Waals surface area contributed by atoms with E-state index < -0.39 is 0 Å². The molecule has 1 saturated heterocycles. The van der Waals surface area contributed by atoms with Gasteiger partial charge in [-0.05, 0) is 33.7 Å². The van der Waals surface area contributed by atoms with Crippen LogP contribution in [0.15, 0.2) is 91.0 Å². The summed E-state index contributed by atoms with van der Waals surface area (Å²) in [5.41, 5.74) is 5.51. The van der Waals surface area contributed by atoms with Crippen LogP contribution in [0.3, 0.4) is 0 Å². The average Bonchev–Trinajstić information content (AvgIpc) is 3.09. The van der Waals surface area contributed by atoms with Gasteiger partial charge in [-0.1, -0.05) is 84.9 Å². The highest BCUT2D eigenvalue weighted by Gasteiger charge is 2.61. The molecule has 0 saturated carbocycles. The Kier molecular flexibility index (Phi) is 3.25. The molecule has 1 aliphatic heterocycles. The summed E-state index contributed by atoms with van der Waals surface area (Å²) in [6, 6.07) is 30.5. The number of anilines is 1. The van der Waals surface area contributed by atoms with Gasteiger partial charge in [-0.3, -0.25) is 9.59 Å². The summed E-state index contributed by atoms with van der Waals surface area (Å²) in [6.45, 7) is 0. The first-order valence-corrected chi connectivity index (χ1v) is 10.8. The van der Waals surface area contributed by atoms with Crippen molar-refractivity contribution >= 4 is 28.3 Å². The van der Waals surface area contributed by atoms with Crippen LogP contribution in [0.25, 0.3) is 10.8 Å². The van der Waals surface area contributed by atoms with E-state index in [0.717, 1.165) is 10.8 Å². The Morgan fingerprint density at radius 1 is 0.516 bits per heavy atom. The number of carbonyl (C=O) groups is 2. The van der Waals surface area contributed by atoms with Crippen molar-refractivity contribution in [2.24, 2.45) is 11.8 Å². The maximum atomic E-state index is 13.9. The van der Waals surface area contributed by atoms with E-state index in [9.17, 15) is 9.59 Å². The van der Waals surface area contributed by atoms with E-state index in [1.165, 1.54) is 27.2 Å². The molecule has 0 unspecified atom stereocenters. The molecule has 4 aromatic rings. The molecule has 3 aliphatic carbocycles. The summed E-state index contributed by atoms with van der Waals surface area (Å²) in [4.78, 5) is 29.3. The lowest BCUT2D eigenvalue weighted by molar-refractivity contribution is -0.122. The molecule has 4 aromatic carbocycles. The summed E-state index contributed by atoms with van der Waals surface area (Å²) < 4.78 is 0. The second-order valence-corrected chi connectivity index (χ2v) is 8.77. The van der Waals surface area contributed by atoms with Crippen LogP contribution in [0.2, 0.25) is 0 Å². The molecule has 2 amide bonds. The lowest BCUT2D eigenvalue weighted by atomic mass is 9.55. The number of fused-ring (bicyclic) bond motifs is 1. The summed E-state index contributed by atoms with van der Waals surface area (Å²) in [7, 11) is 0. The van der Waals surface area contributed by atoms with Crippen molar-refractivity contribution in [2.45, 2.75) is 11.8 Å². The number of rotatable bonds is 1. The lowest BCUT2D eigenvalue weighted by Crippen LogP contribution is -2.41. The summed E-state index contributed by atoms with van der Waals surface area (Å²) in [6.07, 6.45) is 0. The van der Waals surface area contributed by atoms with Gasteiger partial charge in [-0.15, -0.1) is 0 Å². The van der Waals surface area contributed by atoms with E-state index in [-0.39, 0.29) is 35.5 Å². The Bertz CT molecular complexity index is 1300. The quantitative estimate of drug-likeness (QED) is 0.409. The third-order valence-corrected chi connectivity index (χ3v) is 7.46. The van der Waals surface area contributed by atoms with Gasteiger partial charge in [0, 0.05) is 17.2 Å². The van der Waals surface area contributed by atoms with E-state index in [1.54, 1.807) is 0 Å². The smallest absolute Gasteiger partial charge is 0.238 e. The minimum Gasteiger partial charge on any atom is -0.274 e. The highest BCUT2D eigenvalue weighted by molar-refractivity contribution is 6.26. The van der Waals surface area contributed by atoms with Gasteiger partial charge in [0.1, 0.15) is 0 Å². The van der Waals surface area contributed by atoms with Crippen LogP contribution in [0.5, 0.6) is 0 Å². The fourth-order valence-corrected chi connectivity index (χ4v) is 6.32. The topological polar surface area (TPSA) is 37.4 Å². The molecule has 0 radical (unpaired) electrons. The first-order valence-electron chi connectivity index (χ1n) is 10.8. The number of amides is 2. The highest BCUT2D eigenvalue weighted by atomic mass is 16.2. The monoisotopic (exact) mass is 401 g/mol. The van der Waals surface area contributed by atoms with E-state index >= 15 is 0 Å². The Labute approximate surface area is 179 Å². The van der Waals surface area contributed by atoms with E-state index in [4.69, 9.17) is 0 Å².